The van der Waals surface area contributed by atoms with Gasteiger partial charge in [-0.1, -0.05) is 24.3 Å². The fraction of sp³-hybridized carbons (Fsp3) is 0.167. The molecule has 160 valence electrons. The average molecular weight is 418 g/mol. The van der Waals surface area contributed by atoms with E-state index >= 15 is 0 Å². The summed E-state index contributed by atoms with van der Waals surface area (Å²) in [4.78, 5) is 12.5. The lowest BCUT2D eigenvalue weighted by molar-refractivity contribution is -0.384. The van der Waals surface area contributed by atoms with E-state index in [4.69, 9.17) is 16.2 Å². The van der Waals surface area contributed by atoms with E-state index in [1.54, 1.807) is 30.3 Å². The minimum absolute atomic E-state index is 0.0866. The number of nitrogens with two attached hydrogens (primary N) is 2. The van der Waals surface area contributed by atoms with Crippen molar-refractivity contribution in [3.8, 4) is 5.75 Å². The molecule has 0 atom stereocenters. The lowest BCUT2D eigenvalue weighted by Gasteiger charge is -2.23. The Kier molecular flexibility index (Phi) is 7.11. The minimum atomic E-state index is -0.402. The Morgan fingerprint density at radius 2 is 1.58 bits per heavy atom. The Morgan fingerprint density at radius 1 is 0.968 bits per heavy atom. The van der Waals surface area contributed by atoms with Crippen molar-refractivity contribution in [3.63, 3.8) is 0 Å². The third-order valence-corrected chi connectivity index (χ3v) is 4.87. The highest BCUT2D eigenvalue weighted by Crippen LogP contribution is 2.24. The predicted molar refractivity (Wildman–Crippen MR) is 127 cm³/mol. The Hall–Kier alpha value is -4.00. The summed E-state index contributed by atoms with van der Waals surface area (Å²) in [5, 5.41) is 10.7. The van der Waals surface area contributed by atoms with Gasteiger partial charge in [-0.05, 0) is 54.4 Å². The first kappa shape index (κ1) is 21.7. The number of nitrogens with zero attached hydrogens (tertiary/aromatic N) is 2. The van der Waals surface area contributed by atoms with Crippen LogP contribution in [0.25, 0.3) is 12.2 Å². The van der Waals surface area contributed by atoms with Gasteiger partial charge in [0.25, 0.3) is 5.69 Å². The molecule has 31 heavy (non-hydrogen) atoms. The van der Waals surface area contributed by atoms with Crippen molar-refractivity contribution >= 4 is 34.9 Å². The van der Waals surface area contributed by atoms with Crippen LogP contribution in [0.5, 0.6) is 5.75 Å². The number of anilines is 3. The van der Waals surface area contributed by atoms with Gasteiger partial charge < -0.3 is 21.1 Å². The van der Waals surface area contributed by atoms with Gasteiger partial charge in [-0.25, -0.2) is 0 Å². The number of rotatable bonds is 9. The highest BCUT2D eigenvalue weighted by Gasteiger charge is 2.06. The normalized spacial score (nSPS) is 10.9. The van der Waals surface area contributed by atoms with Gasteiger partial charge in [0.15, 0.2) is 0 Å². The van der Waals surface area contributed by atoms with E-state index in [0.29, 0.717) is 30.3 Å². The standard InChI is InChI=1S/C24H26N4O3/c1-2-27(15-16-31-24-17-20(25)9-14-23(24)26)21-10-5-18(6-11-21)3-4-19-7-12-22(13-8-19)28(29)30/h3-14,17H,2,15-16,25-26H2,1H3/b4-3+. The molecule has 0 saturated carbocycles. The fourth-order valence-electron chi connectivity index (χ4n) is 3.11. The molecule has 0 aliphatic carbocycles. The van der Waals surface area contributed by atoms with Crippen LogP contribution in [0.2, 0.25) is 0 Å². The molecule has 0 radical (unpaired) electrons. The van der Waals surface area contributed by atoms with Crippen LogP contribution in [0.15, 0.2) is 66.7 Å². The molecular formula is C24H26N4O3. The molecule has 0 aliphatic rings. The molecule has 0 amide bonds. The SMILES string of the molecule is CCN(CCOc1cc(N)ccc1N)c1ccc(/C=C/c2ccc([N+](=O)[O-])cc2)cc1. The first-order chi connectivity index (χ1) is 15.0. The second-order valence-corrected chi connectivity index (χ2v) is 7.00. The molecule has 0 aliphatic heterocycles. The van der Waals surface area contributed by atoms with Crippen molar-refractivity contribution in [2.24, 2.45) is 0 Å². The molecule has 0 saturated heterocycles. The van der Waals surface area contributed by atoms with Crippen LogP contribution in [-0.4, -0.2) is 24.6 Å². The second kappa shape index (κ2) is 10.2. The number of benzene rings is 3. The predicted octanol–water partition coefficient (Wildman–Crippen LogP) is 4.83. The van der Waals surface area contributed by atoms with Crippen molar-refractivity contribution in [3.05, 3.63) is 88.0 Å². The van der Waals surface area contributed by atoms with Gasteiger partial charge >= 0.3 is 0 Å². The molecule has 7 heteroatoms. The summed E-state index contributed by atoms with van der Waals surface area (Å²) in [6, 6.07) is 19.9. The minimum Gasteiger partial charge on any atom is -0.490 e. The van der Waals surface area contributed by atoms with E-state index in [1.165, 1.54) is 12.1 Å². The Bertz CT molecular complexity index is 1050. The van der Waals surface area contributed by atoms with Crippen molar-refractivity contribution in [1.82, 2.24) is 0 Å². The Labute approximate surface area is 181 Å². The molecule has 0 unspecified atom stereocenters. The number of nitro benzene ring substituents is 1. The first-order valence-corrected chi connectivity index (χ1v) is 10.0. The molecule has 3 aromatic carbocycles. The van der Waals surface area contributed by atoms with Gasteiger partial charge in [0.2, 0.25) is 0 Å². The zero-order chi connectivity index (χ0) is 22.2. The van der Waals surface area contributed by atoms with E-state index in [9.17, 15) is 10.1 Å². The smallest absolute Gasteiger partial charge is 0.269 e. The summed E-state index contributed by atoms with van der Waals surface area (Å²) < 4.78 is 5.81. The number of nitrogen functional groups attached to an aromatic ring is 2. The largest absolute Gasteiger partial charge is 0.490 e. The summed E-state index contributed by atoms with van der Waals surface area (Å²) in [6.45, 7) is 4.14. The molecule has 0 aromatic heterocycles. The van der Waals surface area contributed by atoms with Gasteiger partial charge in [-0.2, -0.15) is 0 Å². The topological polar surface area (TPSA) is 108 Å². The molecule has 0 fully saturated rings. The summed E-state index contributed by atoms with van der Waals surface area (Å²) in [5.74, 6) is 0.600. The van der Waals surface area contributed by atoms with Crippen LogP contribution in [0.1, 0.15) is 18.1 Å². The Morgan fingerprint density at radius 3 is 2.16 bits per heavy atom. The summed E-state index contributed by atoms with van der Waals surface area (Å²) in [6.07, 6.45) is 3.91. The van der Waals surface area contributed by atoms with Gasteiger partial charge in [0, 0.05) is 36.1 Å². The quantitative estimate of drug-likeness (QED) is 0.223. The van der Waals surface area contributed by atoms with Crippen LogP contribution in [-0.2, 0) is 0 Å². The fourth-order valence-corrected chi connectivity index (χ4v) is 3.11. The van der Waals surface area contributed by atoms with Crippen LogP contribution in [0, 0.1) is 10.1 Å². The summed E-state index contributed by atoms with van der Waals surface area (Å²) >= 11 is 0. The van der Waals surface area contributed by atoms with Gasteiger partial charge in [-0.3, -0.25) is 10.1 Å². The summed E-state index contributed by atoms with van der Waals surface area (Å²) in [5.41, 5.74) is 16.0. The monoisotopic (exact) mass is 418 g/mol. The molecule has 3 aromatic rings. The maximum atomic E-state index is 10.7. The number of nitro groups is 1. The highest BCUT2D eigenvalue weighted by atomic mass is 16.6. The Balaban J connectivity index is 1.58. The molecule has 3 rings (SSSR count). The summed E-state index contributed by atoms with van der Waals surface area (Å²) in [7, 11) is 0. The number of likely N-dealkylation sites (N-methyl/N-ethyl adjacent to an activating group) is 1. The lowest BCUT2D eigenvalue weighted by Crippen LogP contribution is -2.28. The van der Waals surface area contributed by atoms with Crippen LogP contribution >= 0.6 is 0 Å². The third-order valence-electron chi connectivity index (χ3n) is 4.87. The molecule has 0 bridgehead atoms. The van der Waals surface area contributed by atoms with E-state index < -0.39 is 4.92 Å². The van der Waals surface area contributed by atoms with Crippen LogP contribution in [0.4, 0.5) is 22.7 Å². The van der Waals surface area contributed by atoms with Crippen molar-refractivity contribution < 1.29 is 9.66 Å². The zero-order valence-electron chi connectivity index (χ0n) is 17.4. The van der Waals surface area contributed by atoms with Crippen LogP contribution < -0.4 is 21.1 Å². The van der Waals surface area contributed by atoms with Gasteiger partial charge in [-0.15, -0.1) is 0 Å². The van der Waals surface area contributed by atoms with Gasteiger partial charge in [0.1, 0.15) is 12.4 Å². The third kappa shape index (κ3) is 5.99. The number of ether oxygens (including phenoxy) is 1. The molecule has 7 nitrogen and oxygen atoms in total. The molecule has 4 N–H and O–H groups in total. The van der Waals surface area contributed by atoms with Crippen molar-refractivity contribution in [2.75, 3.05) is 36.1 Å². The number of hydrogen-bond donors (Lipinski definition) is 2. The van der Waals surface area contributed by atoms with Crippen molar-refractivity contribution in [2.45, 2.75) is 6.92 Å². The molecule has 0 heterocycles. The molecular weight excluding hydrogens is 392 g/mol. The number of non-ortho nitro benzene ring substituents is 1. The van der Waals surface area contributed by atoms with Gasteiger partial charge in [0.05, 0.1) is 17.2 Å². The van der Waals surface area contributed by atoms with Crippen molar-refractivity contribution in [1.29, 1.82) is 0 Å². The van der Waals surface area contributed by atoms with E-state index in [0.717, 1.165) is 23.4 Å². The lowest BCUT2D eigenvalue weighted by atomic mass is 10.1. The van der Waals surface area contributed by atoms with E-state index in [1.807, 2.05) is 24.3 Å². The van der Waals surface area contributed by atoms with E-state index in [2.05, 4.69) is 24.0 Å². The van der Waals surface area contributed by atoms with Crippen LogP contribution in [0.3, 0.4) is 0 Å². The maximum Gasteiger partial charge on any atom is 0.269 e. The highest BCUT2D eigenvalue weighted by molar-refractivity contribution is 5.71. The van der Waals surface area contributed by atoms with E-state index in [-0.39, 0.29) is 5.69 Å². The second-order valence-electron chi connectivity index (χ2n) is 7.00. The number of hydrogen-bond acceptors (Lipinski definition) is 6. The average Bonchev–Trinajstić information content (AvgIpc) is 2.78. The zero-order valence-corrected chi connectivity index (χ0v) is 17.4. The maximum absolute atomic E-state index is 10.7. The molecule has 0 spiro atoms. The first-order valence-electron chi connectivity index (χ1n) is 10.0.